The Bertz CT molecular complexity index is 614. The molecule has 0 saturated carbocycles. The van der Waals surface area contributed by atoms with Crippen LogP contribution in [0.3, 0.4) is 0 Å². The Balaban J connectivity index is 2.39. The van der Waals surface area contributed by atoms with Crippen LogP contribution < -0.4 is 5.32 Å². The van der Waals surface area contributed by atoms with Gasteiger partial charge in [-0.3, -0.25) is 4.98 Å². The Kier molecular flexibility index (Phi) is 4.53. The number of carbonyl (C=O) groups excluding carboxylic acids is 1. The molecule has 20 heavy (non-hydrogen) atoms. The quantitative estimate of drug-likeness (QED) is 0.877. The molecule has 1 aromatic carbocycles. The van der Waals surface area contributed by atoms with Crippen molar-refractivity contribution in [2.45, 2.75) is 6.92 Å². The number of rotatable bonds is 4. The molecule has 0 spiro atoms. The molecule has 0 fully saturated rings. The van der Waals surface area contributed by atoms with Gasteiger partial charge in [-0.15, -0.1) is 0 Å². The van der Waals surface area contributed by atoms with Gasteiger partial charge in [0.05, 0.1) is 35.3 Å². The van der Waals surface area contributed by atoms with Crippen molar-refractivity contribution in [3.05, 3.63) is 41.2 Å². The van der Waals surface area contributed by atoms with Gasteiger partial charge < -0.3 is 10.1 Å². The molecule has 1 aromatic heterocycles. The van der Waals surface area contributed by atoms with E-state index in [-0.39, 0.29) is 5.97 Å². The Labute approximate surface area is 122 Å². The zero-order valence-electron chi connectivity index (χ0n) is 11.2. The maximum absolute atomic E-state index is 11.7. The highest BCUT2D eigenvalue weighted by atomic mass is 35.5. The predicted octanol–water partition coefficient (Wildman–Crippen LogP) is 3.02. The molecule has 0 bridgehead atoms. The molecular weight excluding hydrogens is 278 g/mol. The maximum Gasteiger partial charge on any atom is 0.338 e. The van der Waals surface area contributed by atoms with Crippen LogP contribution in [0.4, 0.5) is 5.82 Å². The van der Waals surface area contributed by atoms with Gasteiger partial charge in [0.25, 0.3) is 0 Å². The first-order valence-electron chi connectivity index (χ1n) is 6.12. The second-order valence-corrected chi connectivity index (χ2v) is 4.36. The van der Waals surface area contributed by atoms with Gasteiger partial charge in [0.2, 0.25) is 0 Å². The van der Waals surface area contributed by atoms with Gasteiger partial charge in [-0.2, -0.15) is 0 Å². The third-order valence-electron chi connectivity index (χ3n) is 2.66. The minimum Gasteiger partial charge on any atom is -0.462 e. The molecule has 5 nitrogen and oxygen atoms in total. The van der Waals surface area contributed by atoms with Crippen LogP contribution in [0, 0.1) is 0 Å². The summed E-state index contributed by atoms with van der Waals surface area (Å²) >= 11 is 6.15. The fourth-order valence-electron chi connectivity index (χ4n) is 1.66. The number of hydrogen-bond acceptors (Lipinski definition) is 5. The summed E-state index contributed by atoms with van der Waals surface area (Å²) in [6.07, 6.45) is 3.20. The molecule has 104 valence electrons. The van der Waals surface area contributed by atoms with Crippen LogP contribution in [-0.2, 0) is 4.74 Å². The zero-order valence-corrected chi connectivity index (χ0v) is 11.9. The van der Waals surface area contributed by atoms with E-state index in [0.717, 1.165) is 0 Å². The number of anilines is 1. The summed E-state index contributed by atoms with van der Waals surface area (Å²) < 4.78 is 4.97. The lowest BCUT2D eigenvalue weighted by Gasteiger charge is -2.07. The van der Waals surface area contributed by atoms with Crippen LogP contribution in [0.2, 0.25) is 5.02 Å². The lowest BCUT2D eigenvalue weighted by molar-refractivity contribution is 0.0526. The highest BCUT2D eigenvalue weighted by molar-refractivity contribution is 6.33. The zero-order chi connectivity index (χ0) is 14.5. The number of benzene rings is 1. The van der Waals surface area contributed by atoms with Crippen molar-refractivity contribution in [2.75, 3.05) is 19.0 Å². The van der Waals surface area contributed by atoms with Crippen LogP contribution in [0.25, 0.3) is 11.3 Å². The van der Waals surface area contributed by atoms with E-state index in [9.17, 15) is 4.79 Å². The monoisotopic (exact) mass is 291 g/mol. The van der Waals surface area contributed by atoms with Crippen LogP contribution in [-0.4, -0.2) is 29.6 Å². The summed E-state index contributed by atoms with van der Waals surface area (Å²) in [7, 11) is 1.76. The third-order valence-corrected chi connectivity index (χ3v) is 2.99. The smallest absolute Gasteiger partial charge is 0.338 e. The molecule has 0 amide bonds. The van der Waals surface area contributed by atoms with Gasteiger partial charge >= 0.3 is 5.97 Å². The van der Waals surface area contributed by atoms with E-state index in [4.69, 9.17) is 16.3 Å². The highest BCUT2D eigenvalue weighted by Crippen LogP contribution is 2.27. The summed E-state index contributed by atoms with van der Waals surface area (Å²) in [5, 5.41) is 3.39. The van der Waals surface area contributed by atoms with Crippen molar-refractivity contribution in [2.24, 2.45) is 0 Å². The van der Waals surface area contributed by atoms with Crippen LogP contribution in [0.15, 0.2) is 30.6 Å². The number of nitrogens with one attached hydrogen (secondary N) is 1. The van der Waals surface area contributed by atoms with Gasteiger partial charge in [0.1, 0.15) is 5.82 Å². The molecule has 0 aliphatic heterocycles. The van der Waals surface area contributed by atoms with E-state index < -0.39 is 0 Å². The molecule has 2 aromatic rings. The van der Waals surface area contributed by atoms with Crippen molar-refractivity contribution in [1.29, 1.82) is 0 Å². The topological polar surface area (TPSA) is 64.1 Å². The average Bonchev–Trinajstić information content (AvgIpc) is 2.48. The fourth-order valence-corrected chi connectivity index (χ4v) is 1.87. The number of aromatic nitrogens is 2. The molecular formula is C14H14ClN3O2. The number of hydrogen-bond donors (Lipinski definition) is 1. The Morgan fingerprint density at radius 2 is 2.15 bits per heavy atom. The molecule has 0 aliphatic carbocycles. The molecule has 0 atom stereocenters. The Hall–Kier alpha value is -2.14. The molecule has 0 unspecified atom stereocenters. The first-order valence-corrected chi connectivity index (χ1v) is 6.50. The molecule has 1 heterocycles. The summed E-state index contributed by atoms with van der Waals surface area (Å²) in [6.45, 7) is 2.09. The first kappa shape index (κ1) is 14.3. The largest absolute Gasteiger partial charge is 0.462 e. The Morgan fingerprint density at radius 3 is 2.75 bits per heavy atom. The van der Waals surface area contributed by atoms with E-state index in [1.165, 1.54) is 0 Å². The van der Waals surface area contributed by atoms with Crippen LogP contribution in [0.5, 0.6) is 0 Å². The predicted molar refractivity (Wildman–Crippen MR) is 78.0 cm³/mol. The number of esters is 1. The van der Waals surface area contributed by atoms with Crippen molar-refractivity contribution in [3.8, 4) is 11.3 Å². The summed E-state index contributed by atoms with van der Waals surface area (Å²) in [6, 6.07) is 4.93. The fraction of sp³-hybridized carbons (Fsp3) is 0.214. The summed E-state index contributed by atoms with van der Waals surface area (Å²) in [4.78, 5) is 20.2. The van der Waals surface area contributed by atoms with E-state index in [2.05, 4.69) is 15.3 Å². The second kappa shape index (κ2) is 6.34. The number of carbonyl (C=O) groups is 1. The SMILES string of the molecule is CCOC(=O)c1ccc(Cl)c(-c2cnc(NC)cn2)c1. The minimum atomic E-state index is -0.384. The van der Waals surface area contributed by atoms with Crippen molar-refractivity contribution in [3.63, 3.8) is 0 Å². The van der Waals surface area contributed by atoms with Gasteiger partial charge in [-0.25, -0.2) is 9.78 Å². The van der Waals surface area contributed by atoms with E-state index in [1.54, 1.807) is 44.6 Å². The van der Waals surface area contributed by atoms with Crippen molar-refractivity contribution < 1.29 is 9.53 Å². The first-order chi connectivity index (χ1) is 9.65. The minimum absolute atomic E-state index is 0.327. The van der Waals surface area contributed by atoms with E-state index >= 15 is 0 Å². The lowest BCUT2D eigenvalue weighted by Crippen LogP contribution is -2.04. The molecule has 1 N–H and O–H groups in total. The van der Waals surface area contributed by atoms with E-state index in [1.807, 2.05) is 0 Å². The maximum atomic E-state index is 11.7. The lowest BCUT2D eigenvalue weighted by atomic mass is 10.1. The van der Waals surface area contributed by atoms with Crippen LogP contribution >= 0.6 is 11.6 Å². The van der Waals surface area contributed by atoms with E-state index in [0.29, 0.717) is 34.3 Å². The van der Waals surface area contributed by atoms with Gasteiger partial charge in [-0.1, -0.05) is 11.6 Å². The van der Waals surface area contributed by atoms with Crippen LogP contribution in [0.1, 0.15) is 17.3 Å². The molecule has 0 radical (unpaired) electrons. The molecule has 2 rings (SSSR count). The van der Waals surface area contributed by atoms with Gasteiger partial charge in [0, 0.05) is 12.6 Å². The molecule has 0 aliphatic rings. The number of halogens is 1. The third kappa shape index (κ3) is 3.05. The van der Waals surface area contributed by atoms with Crippen molar-refractivity contribution in [1.82, 2.24) is 9.97 Å². The van der Waals surface area contributed by atoms with Gasteiger partial charge in [0.15, 0.2) is 0 Å². The summed E-state index contributed by atoms with van der Waals surface area (Å²) in [5.41, 5.74) is 1.68. The van der Waals surface area contributed by atoms with Crippen molar-refractivity contribution >= 4 is 23.4 Å². The highest BCUT2D eigenvalue weighted by Gasteiger charge is 2.12. The molecule has 0 saturated heterocycles. The number of nitrogens with zero attached hydrogens (tertiary/aromatic N) is 2. The second-order valence-electron chi connectivity index (χ2n) is 3.95. The summed E-state index contributed by atoms with van der Waals surface area (Å²) in [5.74, 6) is 0.275. The standard InChI is InChI=1S/C14H14ClN3O2/c1-3-20-14(19)9-4-5-11(15)10(6-9)12-7-18-13(16-2)8-17-12/h4-8H,3H2,1-2H3,(H,16,18). The normalized spacial score (nSPS) is 10.2. The number of ether oxygens (including phenoxy) is 1. The van der Waals surface area contributed by atoms with Gasteiger partial charge in [-0.05, 0) is 25.1 Å². The average molecular weight is 292 g/mol. The molecule has 6 heteroatoms. The Morgan fingerprint density at radius 1 is 1.35 bits per heavy atom.